The summed E-state index contributed by atoms with van der Waals surface area (Å²) in [6.07, 6.45) is 0. The summed E-state index contributed by atoms with van der Waals surface area (Å²) in [4.78, 5) is 11.0. The van der Waals surface area contributed by atoms with Gasteiger partial charge in [0.2, 0.25) is 0 Å². The number of anilines is 3. The Labute approximate surface area is 246 Å². The summed E-state index contributed by atoms with van der Waals surface area (Å²) in [5, 5.41) is 20.6. The zero-order valence-electron chi connectivity index (χ0n) is 23.1. The first-order valence-corrected chi connectivity index (χ1v) is 13.7. The van der Waals surface area contributed by atoms with Crippen molar-refractivity contribution in [1.82, 2.24) is 9.97 Å². The van der Waals surface area contributed by atoms with Crippen molar-refractivity contribution in [3.8, 4) is 57.3 Å². The topological polar surface area (TPSA) is 85.8 Å². The van der Waals surface area contributed by atoms with Gasteiger partial charge in [-0.2, -0.15) is 10.5 Å². The van der Waals surface area contributed by atoms with Crippen LogP contribution in [0.25, 0.3) is 44.4 Å². The molecule has 6 aromatic rings. The van der Waals surface area contributed by atoms with Crippen LogP contribution < -0.4 is 9.64 Å². The number of halogens is 1. The normalized spacial score (nSPS) is 12.2. The maximum absolute atomic E-state index is 16.1. The van der Waals surface area contributed by atoms with Crippen molar-refractivity contribution in [2.45, 2.75) is 13.8 Å². The molecule has 0 saturated carbocycles. The van der Waals surface area contributed by atoms with Crippen LogP contribution in [0.1, 0.15) is 22.5 Å². The van der Waals surface area contributed by atoms with Gasteiger partial charge in [-0.3, -0.25) is 0 Å². The smallest absolute Gasteiger partial charge is 0.177 e. The van der Waals surface area contributed by atoms with E-state index in [1.165, 1.54) is 0 Å². The molecule has 0 N–H and O–H groups in total. The second kappa shape index (κ2) is 8.97. The SMILES string of the molecule is Cc1cc(N2c3ccccc3Oc3ccccc32)c(C)cc1-c1cc(F)c2c3c(cccc13)-c1nc(C#N)c(C#N)nc1-2. The van der Waals surface area contributed by atoms with Gasteiger partial charge in [0.15, 0.2) is 22.9 Å². The fourth-order valence-corrected chi connectivity index (χ4v) is 6.34. The standard InChI is InChI=1S/C36H20FN5O/c1-19-15-30(42-28-10-3-5-12-31(28)43-32-13-6-4-11-29(32)42)20(2)14-23(19)24-16-25(37)34-33-21(24)8-7-9-22(33)35-36(34)41-27(18-39)26(17-38)40-35/h3-16H,1-2H3. The van der Waals surface area contributed by atoms with Gasteiger partial charge in [0, 0.05) is 22.2 Å². The molecule has 7 heteroatoms. The van der Waals surface area contributed by atoms with Gasteiger partial charge in [0.1, 0.15) is 23.6 Å². The molecule has 1 aromatic heterocycles. The summed E-state index contributed by atoms with van der Waals surface area (Å²) in [6, 6.07) is 31.3. The minimum Gasteiger partial charge on any atom is -0.453 e. The number of rotatable bonds is 2. The van der Waals surface area contributed by atoms with Crippen molar-refractivity contribution in [2.24, 2.45) is 0 Å². The Hall–Kier alpha value is -6.05. The van der Waals surface area contributed by atoms with E-state index < -0.39 is 5.82 Å². The molecule has 2 heterocycles. The van der Waals surface area contributed by atoms with E-state index in [0.29, 0.717) is 27.9 Å². The molecule has 0 bridgehead atoms. The number of ether oxygens (including phenoxy) is 1. The molecule has 2 aliphatic rings. The maximum Gasteiger partial charge on any atom is 0.177 e. The first-order chi connectivity index (χ1) is 21.0. The van der Waals surface area contributed by atoms with Crippen LogP contribution in [0.5, 0.6) is 11.5 Å². The molecule has 0 radical (unpaired) electrons. The number of hydrogen-bond acceptors (Lipinski definition) is 6. The van der Waals surface area contributed by atoms with Crippen LogP contribution in [-0.4, -0.2) is 9.97 Å². The Morgan fingerprint density at radius 1 is 0.674 bits per heavy atom. The zero-order valence-corrected chi connectivity index (χ0v) is 23.1. The van der Waals surface area contributed by atoms with Crippen molar-refractivity contribution in [3.63, 3.8) is 0 Å². The molecule has 1 aliphatic heterocycles. The Kier molecular flexibility index (Phi) is 5.16. The van der Waals surface area contributed by atoms with Gasteiger partial charge in [-0.05, 0) is 84.0 Å². The Morgan fingerprint density at radius 3 is 2.00 bits per heavy atom. The second-order valence-electron chi connectivity index (χ2n) is 10.7. The molecule has 0 fully saturated rings. The predicted molar refractivity (Wildman–Crippen MR) is 163 cm³/mol. The molecule has 0 amide bonds. The number of nitrogens with zero attached hydrogens (tertiary/aromatic N) is 5. The molecule has 5 aromatic carbocycles. The van der Waals surface area contributed by atoms with Crippen molar-refractivity contribution >= 4 is 27.8 Å². The fraction of sp³-hybridized carbons (Fsp3) is 0.0556. The van der Waals surface area contributed by atoms with Gasteiger partial charge in [-0.15, -0.1) is 0 Å². The summed E-state index contributed by atoms with van der Waals surface area (Å²) >= 11 is 0. The quantitative estimate of drug-likeness (QED) is 0.211. The molecule has 6 nitrogen and oxygen atoms in total. The monoisotopic (exact) mass is 557 g/mol. The van der Waals surface area contributed by atoms with Crippen molar-refractivity contribution in [3.05, 3.63) is 113 Å². The molecule has 202 valence electrons. The average Bonchev–Trinajstić information content (AvgIpc) is 3.36. The first-order valence-electron chi connectivity index (χ1n) is 13.7. The van der Waals surface area contributed by atoms with E-state index in [9.17, 15) is 10.5 Å². The van der Waals surface area contributed by atoms with Crippen LogP contribution in [-0.2, 0) is 0 Å². The van der Waals surface area contributed by atoms with Crippen LogP contribution in [0.3, 0.4) is 0 Å². The Bertz CT molecular complexity index is 2250. The highest BCUT2D eigenvalue weighted by Crippen LogP contribution is 2.53. The van der Waals surface area contributed by atoms with Gasteiger partial charge in [-0.25, -0.2) is 14.4 Å². The average molecular weight is 558 g/mol. The molecule has 0 unspecified atom stereocenters. The van der Waals surface area contributed by atoms with Gasteiger partial charge < -0.3 is 9.64 Å². The molecular formula is C36H20FN5O. The first kappa shape index (κ1) is 24.7. The van der Waals surface area contributed by atoms with Crippen LogP contribution >= 0.6 is 0 Å². The highest BCUT2D eigenvalue weighted by Gasteiger charge is 2.31. The summed E-state index contributed by atoms with van der Waals surface area (Å²) in [5.41, 5.74) is 8.08. The number of aromatic nitrogens is 2. The van der Waals surface area contributed by atoms with Crippen LogP contribution in [0.15, 0.2) is 84.9 Å². The number of nitriles is 2. The summed E-state index contributed by atoms with van der Waals surface area (Å²) in [6.45, 7) is 4.10. The fourth-order valence-electron chi connectivity index (χ4n) is 6.34. The van der Waals surface area contributed by atoms with E-state index >= 15 is 4.39 Å². The van der Waals surface area contributed by atoms with Gasteiger partial charge in [-0.1, -0.05) is 42.5 Å². The number of benzene rings is 5. The largest absolute Gasteiger partial charge is 0.453 e. The highest BCUT2D eigenvalue weighted by atomic mass is 19.1. The Morgan fingerprint density at radius 2 is 1.33 bits per heavy atom. The van der Waals surface area contributed by atoms with Crippen LogP contribution in [0, 0.1) is 42.3 Å². The van der Waals surface area contributed by atoms with Crippen LogP contribution in [0.4, 0.5) is 21.5 Å². The lowest BCUT2D eigenvalue weighted by Gasteiger charge is -2.34. The van der Waals surface area contributed by atoms with E-state index in [0.717, 1.165) is 56.2 Å². The summed E-state index contributed by atoms with van der Waals surface area (Å²) in [5.74, 6) is 1.10. The molecule has 0 atom stereocenters. The Balaban J connectivity index is 1.33. The number of fused-ring (bicyclic) bond motifs is 5. The minimum atomic E-state index is -0.450. The van der Waals surface area contributed by atoms with Gasteiger partial charge >= 0.3 is 0 Å². The minimum absolute atomic E-state index is 0.0694. The predicted octanol–water partition coefficient (Wildman–Crippen LogP) is 9.02. The van der Waals surface area contributed by atoms with E-state index in [-0.39, 0.29) is 11.4 Å². The number of para-hydroxylation sites is 4. The number of hydrogen-bond donors (Lipinski definition) is 0. The van der Waals surface area contributed by atoms with Crippen molar-refractivity contribution in [1.29, 1.82) is 10.5 Å². The maximum atomic E-state index is 16.1. The van der Waals surface area contributed by atoms with Crippen molar-refractivity contribution < 1.29 is 9.13 Å². The molecule has 1 aliphatic carbocycles. The van der Waals surface area contributed by atoms with E-state index in [2.05, 4.69) is 33.9 Å². The molecule has 0 saturated heterocycles. The van der Waals surface area contributed by atoms with Crippen molar-refractivity contribution in [2.75, 3.05) is 4.90 Å². The van der Waals surface area contributed by atoms with Gasteiger partial charge in [0.25, 0.3) is 0 Å². The zero-order chi connectivity index (χ0) is 29.4. The lowest BCUT2D eigenvalue weighted by Crippen LogP contribution is -2.16. The van der Waals surface area contributed by atoms with E-state index in [1.807, 2.05) is 85.8 Å². The van der Waals surface area contributed by atoms with Crippen LogP contribution in [0.2, 0.25) is 0 Å². The summed E-state index contributed by atoms with van der Waals surface area (Å²) < 4.78 is 22.3. The molecular weight excluding hydrogens is 537 g/mol. The molecule has 8 rings (SSSR count). The lowest BCUT2D eigenvalue weighted by molar-refractivity contribution is 0.477. The highest BCUT2D eigenvalue weighted by molar-refractivity contribution is 6.17. The third kappa shape index (κ3) is 3.43. The van der Waals surface area contributed by atoms with Gasteiger partial charge in [0.05, 0.1) is 17.1 Å². The number of aryl methyl sites for hydroxylation is 2. The third-order valence-electron chi connectivity index (χ3n) is 8.22. The lowest BCUT2D eigenvalue weighted by atomic mass is 9.90. The summed E-state index contributed by atoms with van der Waals surface area (Å²) in [7, 11) is 0. The second-order valence-corrected chi connectivity index (χ2v) is 10.7. The van der Waals surface area contributed by atoms with E-state index in [1.54, 1.807) is 6.07 Å². The van der Waals surface area contributed by atoms with E-state index in [4.69, 9.17) is 4.74 Å². The third-order valence-corrected chi connectivity index (χ3v) is 8.22. The molecule has 43 heavy (non-hydrogen) atoms. The molecule has 0 spiro atoms.